The van der Waals surface area contributed by atoms with Crippen molar-refractivity contribution in [3.63, 3.8) is 0 Å². The monoisotopic (exact) mass is 226 g/mol. The van der Waals surface area contributed by atoms with Gasteiger partial charge in [0.05, 0.1) is 5.75 Å². The van der Waals surface area contributed by atoms with E-state index >= 15 is 0 Å². The Balaban J connectivity index is 2.90. The summed E-state index contributed by atoms with van der Waals surface area (Å²) in [6.07, 6.45) is 0. The van der Waals surface area contributed by atoms with E-state index in [0.717, 1.165) is 23.0 Å². The number of thioether (sulfide) groups is 1. The summed E-state index contributed by atoms with van der Waals surface area (Å²) in [5.41, 5.74) is 3.61. The molecule has 1 aromatic rings. The number of rotatable bonds is 5. The first-order chi connectivity index (χ1) is 7.17. The number of hydrazine groups is 1. The van der Waals surface area contributed by atoms with Crippen molar-refractivity contribution < 1.29 is 0 Å². The average Bonchev–Trinajstić information content (AvgIpc) is 2.25. The van der Waals surface area contributed by atoms with Crippen LogP contribution in [0.3, 0.4) is 0 Å². The second-order valence-electron chi connectivity index (χ2n) is 3.53. The minimum absolute atomic E-state index is 0.394. The summed E-state index contributed by atoms with van der Waals surface area (Å²) >= 11 is 1.81. The van der Waals surface area contributed by atoms with Gasteiger partial charge in [0, 0.05) is 11.8 Å². The van der Waals surface area contributed by atoms with E-state index in [9.17, 15) is 0 Å². The quantitative estimate of drug-likeness (QED) is 0.595. The third-order valence-corrected chi connectivity index (χ3v) is 2.84. The number of hydrogen-bond donors (Lipinski definition) is 2. The minimum Gasteiger partial charge on any atom is -0.308 e. The van der Waals surface area contributed by atoms with Gasteiger partial charge in [-0.3, -0.25) is 0 Å². The summed E-state index contributed by atoms with van der Waals surface area (Å²) in [6.45, 7) is 6.35. The second kappa shape index (κ2) is 5.92. The van der Waals surface area contributed by atoms with E-state index in [0.29, 0.717) is 11.7 Å². The molecule has 5 heteroatoms. The zero-order valence-corrected chi connectivity index (χ0v) is 10.3. The molecule has 0 atom stereocenters. The van der Waals surface area contributed by atoms with E-state index in [1.165, 1.54) is 0 Å². The van der Waals surface area contributed by atoms with Crippen molar-refractivity contribution in [1.29, 1.82) is 0 Å². The van der Waals surface area contributed by atoms with Crippen LogP contribution >= 0.6 is 11.8 Å². The Morgan fingerprint density at radius 3 is 2.73 bits per heavy atom. The lowest BCUT2D eigenvalue weighted by atomic mass is 10.1. The molecule has 84 valence electrons. The van der Waals surface area contributed by atoms with Gasteiger partial charge < -0.3 is 5.43 Å². The number of nitrogens with one attached hydrogen (secondary N) is 1. The SMILES string of the molecule is CCSCc1nc(NN)cc(C(C)C)n1. The maximum absolute atomic E-state index is 5.37. The fourth-order valence-electron chi connectivity index (χ4n) is 1.15. The average molecular weight is 226 g/mol. The predicted octanol–water partition coefficient (Wildman–Crippen LogP) is 2.14. The van der Waals surface area contributed by atoms with Crippen LogP contribution in [0.5, 0.6) is 0 Å². The Hall–Kier alpha value is -0.810. The van der Waals surface area contributed by atoms with Crippen LogP contribution in [0.1, 0.15) is 38.2 Å². The van der Waals surface area contributed by atoms with Crippen molar-refractivity contribution in [3.8, 4) is 0 Å². The Morgan fingerprint density at radius 2 is 2.20 bits per heavy atom. The van der Waals surface area contributed by atoms with Crippen molar-refractivity contribution >= 4 is 17.6 Å². The molecule has 0 spiro atoms. The van der Waals surface area contributed by atoms with Crippen molar-refractivity contribution in [2.75, 3.05) is 11.2 Å². The number of nitrogen functional groups attached to an aromatic ring is 1. The van der Waals surface area contributed by atoms with E-state index in [1.54, 1.807) is 0 Å². The zero-order chi connectivity index (χ0) is 11.3. The second-order valence-corrected chi connectivity index (χ2v) is 4.80. The fourth-order valence-corrected chi connectivity index (χ4v) is 1.66. The molecule has 1 aromatic heterocycles. The van der Waals surface area contributed by atoms with Gasteiger partial charge in [0.15, 0.2) is 0 Å². The van der Waals surface area contributed by atoms with Gasteiger partial charge in [-0.25, -0.2) is 15.8 Å². The first-order valence-corrected chi connectivity index (χ1v) is 6.25. The summed E-state index contributed by atoms with van der Waals surface area (Å²) < 4.78 is 0. The molecule has 0 unspecified atom stereocenters. The van der Waals surface area contributed by atoms with Gasteiger partial charge in [-0.15, -0.1) is 0 Å². The minimum atomic E-state index is 0.394. The lowest BCUT2D eigenvalue weighted by Gasteiger charge is -2.09. The number of nitrogens with two attached hydrogens (primary N) is 1. The summed E-state index contributed by atoms with van der Waals surface area (Å²) in [6, 6.07) is 1.89. The van der Waals surface area contributed by atoms with E-state index in [-0.39, 0.29) is 0 Å². The Kier molecular flexibility index (Phi) is 4.84. The number of anilines is 1. The normalized spacial score (nSPS) is 10.7. The molecule has 0 saturated carbocycles. The molecule has 1 rings (SSSR count). The third-order valence-electron chi connectivity index (χ3n) is 1.97. The lowest BCUT2D eigenvalue weighted by Crippen LogP contribution is -2.11. The molecular weight excluding hydrogens is 208 g/mol. The van der Waals surface area contributed by atoms with E-state index < -0.39 is 0 Å². The van der Waals surface area contributed by atoms with Crippen molar-refractivity contribution in [2.24, 2.45) is 5.84 Å². The first-order valence-electron chi connectivity index (χ1n) is 5.09. The summed E-state index contributed by atoms with van der Waals surface area (Å²) in [5, 5.41) is 0. The molecule has 0 aliphatic heterocycles. The van der Waals surface area contributed by atoms with E-state index in [4.69, 9.17) is 5.84 Å². The lowest BCUT2D eigenvalue weighted by molar-refractivity contribution is 0.800. The Bertz CT molecular complexity index is 314. The maximum atomic E-state index is 5.37. The van der Waals surface area contributed by atoms with E-state index in [1.807, 2.05) is 17.8 Å². The molecule has 3 N–H and O–H groups in total. The van der Waals surface area contributed by atoms with Crippen molar-refractivity contribution in [2.45, 2.75) is 32.4 Å². The summed E-state index contributed by atoms with van der Waals surface area (Å²) in [4.78, 5) is 8.79. The van der Waals surface area contributed by atoms with Crippen LogP contribution in [0.2, 0.25) is 0 Å². The van der Waals surface area contributed by atoms with Crippen molar-refractivity contribution in [1.82, 2.24) is 9.97 Å². The molecule has 0 aromatic carbocycles. The molecule has 15 heavy (non-hydrogen) atoms. The Morgan fingerprint density at radius 1 is 1.47 bits per heavy atom. The van der Waals surface area contributed by atoms with Gasteiger partial charge in [0.2, 0.25) is 0 Å². The highest BCUT2D eigenvalue weighted by atomic mass is 32.2. The third kappa shape index (κ3) is 3.68. The van der Waals surface area contributed by atoms with Gasteiger partial charge in [-0.2, -0.15) is 11.8 Å². The molecule has 0 aliphatic rings. The maximum Gasteiger partial charge on any atom is 0.143 e. The largest absolute Gasteiger partial charge is 0.308 e. The number of aromatic nitrogens is 2. The first kappa shape index (κ1) is 12.3. The van der Waals surface area contributed by atoms with Gasteiger partial charge in [-0.1, -0.05) is 20.8 Å². The number of hydrogen-bond acceptors (Lipinski definition) is 5. The van der Waals surface area contributed by atoms with Gasteiger partial charge in [0.1, 0.15) is 11.6 Å². The topological polar surface area (TPSA) is 63.8 Å². The molecule has 0 bridgehead atoms. The number of nitrogens with zero attached hydrogens (tertiary/aromatic N) is 2. The van der Waals surface area contributed by atoms with Crippen LogP contribution in [0.4, 0.5) is 5.82 Å². The highest BCUT2D eigenvalue weighted by molar-refractivity contribution is 7.98. The van der Waals surface area contributed by atoms with Crippen LogP contribution in [-0.4, -0.2) is 15.7 Å². The van der Waals surface area contributed by atoms with Gasteiger partial charge in [-0.05, 0) is 11.7 Å². The molecule has 0 saturated heterocycles. The van der Waals surface area contributed by atoms with E-state index in [2.05, 4.69) is 36.2 Å². The molecular formula is C10H18N4S. The van der Waals surface area contributed by atoms with Crippen LogP contribution in [0.25, 0.3) is 0 Å². The highest BCUT2D eigenvalue weighted by Crippen LogP contribution is 2.17. The van der Waals surface area contributed by atoms with Crippen LogP contribution in [-0.2, 0) is 5.75 Å². The summed E-state index contributed by atoms with van der Waals surface area (Å²) in [7, 11) is 0. The van der Waals surface area contributed by atoms with Gasteiger partial charge in [0.25, 0.3) is 0 Å². The summed E-state index contributed by atoms with van der Waals surface area (Å²) in [5.74, 6) is 9.22. The van der Waals surface area contributed by atoms with Crippen LogP contribution in [0.15, 0.2) is 6.07 Å². The standard InChI is InChI=1S/C10H18N4S/c1-4-15-6-10-12-8(7(2)3)5-9(13-10)14-11/h5,7H,4,6,11H2,1-3H3,(H,12,13,14). The molecule has 0 fully saturated rings. The van der Waals surface area contributed by atoms with Crippen LogP contribution in [0, 0.1) is 0 Å². The molecule has 0 radical (unpaired) electrons. The molecule has 1 heterocycles. The fraction of sp³-hybridized carbons (Fsp3) is 0.600. The molecule has 4 nitrogen and oxygen atoms in total. The van der Waals surface area contributed by atoms with Gasteiger partial charge >= 0.3 is 0 Å². The Labute approximate surface area is 95.0 Å². The molecule has 0 aliphatic carbocycles. The predicted molar refractivity (Wildman–Crippen MR) is 65.8 cm³/mol. The van der Waals surface area contributed by atoms with Crippen LogP contribution < -0.4 is 11.3 Å². The highest BCUT2D eigenvalue weighted by Gasteiger charge is 2.06. The smallest absolute Gasteiger partial charge is 0.143 e. The zero-order valence-electron chi connectivity index (χ0n) is 9.45. The van der Waals surface area contributed by atoms with Crippen molar-refractivity contribution in [3.05, 3.63) is 17.6 Å². The molecule has 0 amide bonds.